The van der Waals surface area contributed by atoms with Crippen molar-refractivity contribution < 1.29 is 17.9 Å². The minimum atomic E-state index is -4.18. The maximum absolute atomic E-state index is 12.0. The van der Waals surface area contributed by atoms with E-state index in [2.05, 4.69) is 21.2 Å². The van der Waals surface area contributed by atoms with E-state index in [9.17, 15) is 13.2 Å². The second-order valence-corrected chi connectivity index (χ2v) is 4.66. The van der Waals surface area contributed by atoms with Crippen LogP contribution in [0.15, 0.2) is 22.7 Å². The van der Waals surface area contributed by atoms with Crippen molar-refractivity contribution in [1.82, 2.24) is 5.32 Å². The number of hydrogen-bond acceptors (Lipinski definition) is 2. The minimum Gasteiger partial charge on any atom is -0.493 e. The number of alkyl halides is 3. The third kappa shape index (κ3) is 5.73. The van der Waals surface area contributed by atoms with Gasteiger partial charge < -0.3 is 10.1 Å². The van der Waals surface area contributed by atoms with Crippen molar-refractivity contribution in [2.45, 2.75) is 26.1 Å². The normalized spacial score (nSPS) is 11.6. The molecule has 0 atom stereocenters. The molecule has 0 aromatic heterocycles. The Labute approximate surface area is 113 Å². The molecule has 0 radical (unpaired) electrons. The van der Waals surface area contributed by atoms with E-state index in [-0.39, 0.29) is 6.61 Å². The Morgan fingerprint density at radius 2 is 2.06 bits per heavy atom. The molecule has 0 unspecified atom stereocenters. The van der Waals surface area contributed by atoms with Gasteiger partial charge >= 0.3 is 6.18 Å². The van der Waals surface area contributed by atoms with Gasteiger partial charge in [0.15, 0.2) is 0 Å². The Morgan fingerprint density at radius 1 is 1.33 bits per heavy atom. The minimum absolute atomic E-state index is 0.357. The molecule has 1 N–H and O–H groups in total. The molecule has 18 heavy (non-hydrogen) atoms. The molecule has 0 aliphatic carbocycles. The fourth-order valence-electron chi connectivity index (χ4n) is 1.36. The molecule has 0 spiro atoms. The lowest BCUT2D eigenvalue weighted by atomic mass is 10.2. The molecule has 1 aromatic carbocycles. The standard InChI is InChI=1S/C12H15BrF3NO/c1-2-17-8-9-7-10(13)3-4-11(9)18-6-5-12(14,15)16/h3-4,7,17H,2,5-6,8H2,1H3. The highest BCUT2D eigenvalue weighted by atomic mass is 79.9. The van der Waals surface area contributed by atoms with Crippen LogP contribution in [0.4, 0.5) is 13.2 Å². The summed E-state index contributed by atoms with van der Waals surface area (Å²) in [6.45, 7) is 2.96. The van der Waals surface area contributed by atoms with Crippen molar-refractivity contribution in [2.24, 2.45) is 0 Å². The Hall–Kier alpha value is -0.750. The highest BCUT2D eigenvalue weighted by Crippen LogP contribution is 2.25. The highest BCUT2D eigenvalue weighted by molar-refractivity contribution is 9.10. The van der Waals surface area contributed by atoms with Gasteiger partial charge in [-0.25, -0.2) is 0 Å². The van der Waals surface area contributed by atoms with Crippen LogP contribution in [0.25, 0.3) is 0 Å². The SMILES string of the molecule is CCNCc1cc(Br)ccc1OCCC(F)(F)F. The summed E-state index contributed by atoms with van der Waals surface area (Å²) in [5, 5.41) is 3.12. The van der Waals surface area contributed by atoms with Crippen LogP contribution in [0.5, 0.6) is 5.75 Å². The molecule has 2 nitrogen and oxygen atoms in total. The third-order valence-electron chi connectivity index (χ3n) is 2.23. The fourth-order valence-corrected chi connectivity index (χ4v) is 1.77. The summed E-state index contributed by atoms with van der Waals surface area (Å²) in [6.07, 6.45) is -5.12. The van der Waals surface area contributed by atoms with E-state index in [0.717, 1.165) is 16.6 Å². The molecule has 6 heteroatoms. The first kappa shape index (κ1) is 15.3. The lowest BCUT2D eigenvalue weighted by molar-refractivity contribution is -0.139. The molecular formula is C12H15BrF3NO. The molecular weight excluding hydrogens is 311 g/mol. The lowest BCUT2D eigenvalue weighted by Gasteiger charge is -2.13. The number of nitrogens with one attached hydrogen (secondary N) is 1. The summed E-state index contributed by atoms with van der Waals surface area (Å²) >= 11 is 3.32. The maximum atomic E-state index is 12.0. The molecule has 102 valence electrons. The molecule has 0 amide bonds. The summed E-state index contributed by atoms with van der Waals surface area (Å²) in [5.74, 6) is 0.489. The van der Waals surface area contributed by atoms with E-state index in [4.69, 9.17) is 4.74 Å². The van der Waals surface area contributed by atoms with Crippen LogP contribution in [0.2, 0.25) is 0 Å². The zero-order valence-corrected chi connectivity index (χ0v) is 11.6. The van der Waals surface area contributed by atoms with Crippen LogP contribution in [0, 0.1) is 0 Å². The van der Waals surface area contributed by atoms with Gasteiger partial charge in [-0.3, -0.25) is 0 Å². The summed E-state index contributed by atoms with van der Waals surface area (Å²) in [4.78, 5) is 0. The van der Waals surface area contributed by atoms with Crippen LogP contribution >= 0.6 is 15.9 Å². The average molecular weight is 326 g/mol. The largest absolute Gasteiger partial charge is 0.493 e. The number of benzene rings is 1. The number of halogens is 4. The lowest BCUT2D eigenvalue weighted by Crippen LogP contribution is -2.15. The van der Waals surface area contributed by atoms with Gasteiger partial charge in [-0.15, -0.1) is 0 Å². The second-order valence-electron chi connectivity index (χ2n) is 3.75. The van der Waals surface area contributed by atoms with Crippen molar-refractivity contribution in [2.75, 3.05) is 13.2 Å². The predicted molar refractivity (Wildman–Crippen MR) is 67.7 cm³/mol. The van der Waals surface area contributed by atoms with Gasteiger partial charge in [-0.1, -0.05) is 22.9 Å². The quantitative estimate of drug-likeness (QED) is 0.856. The summed E-state index contributed by atoms with van der Waals surface area (Å²) < 4.78 is 42.1. The second kappa shape index (κ2) is 6.99. The van der Waals surface area contributed by atoms with Crippen LogP contribution < -0.4 is 10.1 Å². The van der Waals surface area contributed by atoms with Gasteiger partial charge in [0.2, 0.25) is 0 Å². The van der Waals surface area contributed by atoms with Crippen LogP contribution in [-0.4, -0.2) is 19.3 Å². The number of rotatable bonds is 6. The molecule has 0 saturated heterocycles. The smallest absolute Gasteiger partial charge is 0.392 e. The van der Waals surface area contributed by atoms with Gasteiger partial charge in [-0.05, 0) is 24.7 Å². The van der Waals surface area contributed by atoms with Crippen molar-refractivity contribution in [3.05, 3.63) is 28.2 Å². The van der Waals surface area contributed by atoms with Crippen molar-refractivity contribution in [3.8, 4) is 5.75 Å². The molecule has 1 aromatic rings. The van der Waals surface area contributed by atoms with Crippen molar-refractivity contribution in [1.29, 1.82) is 0 Å². The Morgan fingerprint density at radius 3 is 2.67 bits per heavy atom. The summed E-state index contributed by atoms with van der Waals surface area (Å²) in [7, 11) is 0. The number of ether oxygens (including phenoxy) is 1. The van der Waals surface area contributed by atoms with Gasteiger partial charge in [0.1, 0.15) is 5.75 Å². The predicted octanol–water partition coefficient (Wildman–Crippen LogP) is 3.89. The molecule has 0 heterocycles. The first-order valence-electron chi connectivity index (χ1n) is 5.61. The van der Waals surface area contributed by atoms with Gasteiger partial charge in [-0.2, -0.15) is 13.2 Å². The van der Waals surface area contributed by atoms with E-state index in [1.165, 1.54) is 0 Å². The van der Waals surface area contributed by atoms with Gasteiger partial charge in [0, 0.05) is 16.6 Å². The highest BCUT2D eigenvalue weighted by Gasteiger charge is 2.26. The topological polar surface area (TPSA) is 21.3 Å². The fraction of sp³-hybridized carbons (Fsp3) is 0.500. The van der Waals surface area contributed by atoms with Crippen molar-refractivity contribution >= 4 is 15.9 Å². The molecule has 0 aliphatic heterocycles. The summed E-state index contributed by atoms with van der Waals surface area (Å²) in [5.41, 5.74) is 0.841. The zero-order chi connectivity index (χ0) is 13.6. The van der Waals surface area contributed by atoms with E-state index in [1.807, 2.05) is 13.0 Å². The van der Waals surface area contributed by atoms with Gasteiger partial charge in [0.25, 0.3) is 0 Å². The van der Waals surface area contributed by atoms with E-state index < -0.39 is 12.6 Å². The van der Waals surface area contributed by atoms with E-state index >= 15 is 0 Å². The molecule has 0 bridgehead atoms. The monoisotopic (exact) mass is 325 g/mol. The molecule has 0 saturated carbocycles. The zero-order valence-electron chi connectivity index (χ0n) is 9.98. The Kier molecular flexibility index (Phi) is 5.95. The Balaban J connectivity index is 2.63. The van der Waals surface area contributed by atoms with E-state index in [0.29, 0.717) is 12.3 Å². The molecule has 0 fully saturated rings. The van der Waals surface area contributed by atoms with Gasteiger partial charge in [0.05, 0.1) is 13.0 Å². The first-order chi connectivity index (χ1) is 8.42. The third-order valence-corrected chi connectivity index (χ3v) is 2.72. The van der Waals surface area contributed by atoms with Crippen LogP contribution in [-0.2, 0) is 6.54 Å². The van der Waals surface area contributed by atoms with Crippen LogP contribution in [0.1, 0.15) is 18.9 Å². The Bertz CT molecular complexity index is 382. The maximum Gasteiger partial charge on any atom is 0.392 e. The molecule has 0 aliphatic rings. The van der Waals surface area contributed by atoms with Crippen molar-refractivity contribution in [3.63, 3.8) is 0 Å². The molecule has 1 rings (SSSR count). The number of hydrogen-bond donors (Lipinski definition) is 1. The average Bonchev–Trinajstić information content (AvgIpc) is 2.27. The summed E-state index contributed by atoms with van der Waals surface area (Å²) in [6, 6.07) is 5.26. The van der Waals surface area contributed by atoms with Crippen LogP contribution in [0.3, 0.4) is 0 Å². The van der Waals surface area contributed by atoms with E-state index in [1.54, 1.807) is 12.1 Å². The first-order valence-corrected chi connectivity index (χ1v) is 6.40.